The lowest BCUT2D eigenvalue weighted by Gasteiger charge is -2.16. The van der Waals surface area contributed by atoms with Crippen LogP contribution in [0.15, 0.2) is 88.6 Å². The molecule has 0 bridgehead atoms. The van der Waals surface area contributed by atoms with E-state index in [4.69, 9.17) is 4.74 Å². The Hall–Kier alpha value is -3.65. The van der Waals surface area contributed by atoms with Crippen molar-refractivity contribution in [1.29, 1.82) is 0 Å². The monoisotopic (exact) mass is 421 g/mol. The van der Waals surface area contributed by atoms with E-state index in [9.17, 15) is 13.2 Å². The molecule has 0 atom stereocenters. The van der Waals surface area contributed by atoms with E-state index in [1.54, 1.807) is 48.5 Å². The van der Waals surface area contributed by atoms with Crippen molar-refractivity contribution in [3.8, 4) is 5.75 Å². The fourth-order valence-corrected chi connectivity index (χ4v) is 3.95. The molecule has 1 aromatic heterocycles. The molecule has 4 rings (SSSR count). The maximum atomic E-state index is 13.1. The van der Waals surface area contributed by atoms with E-state index in [1.807, 2.05) is 25.1 Å². The average molecular weight is 421 g/mol. The van der Waals surface area contributed by atoms with Crippen molar-refractivity contribution >= 4 is 20.9 Å². The van der Waals surface area contributed by atoms with Crippen LogP contribution in [0.2, 0.25) is 0 Å². The van der Waals surface area contributed by atoms with Crippen LogP contribution in [0, 0.1) is 6.92 Å². The van der Waals surface area contributed by atoms with Crippen LogP contribution in [0.4, 0.5) is 0 Å². The zero-order valence-corrected chi connectivity index (χ0v) is 17.0. The first kappa shape index (κ1) is 19.7. The molecule has 30 heavy (non-hydrogen) atoms. The fourth-order valence-electron chi connectivity index (χ4n) is 2.92. The highest BCUT2D eigenvalue weighted by atomic mass is 32.2. The number of hydrogen-bond acceptors (Lipinski definition) is 5. The van der Waals surface area contributed by atoms with Gasteiger partial charge in [-0.1, -0.05) is 48.0 Å². The maximum absolute atomic E-state index is 13.1. The highest BCUT2D eigenvalue weighted by molar-refractivity contribution is 7.92. The summed E-state index contributed by atoms with van der Waals surface area (Å²) in [6.07, 6.45) is 0. The van der Waals surface area contributed by atoms with Crippen LogP contribution in [-0.2, 0) is 16.6 Å². The van der Waals surface area contributed by atoms with Gasteiger partial charge in [0.15, 0.2) is 5.82 Å². The Kier molecular flexibility index (Phi) is 5.24. The molecule has 0 saturated carbocycles. The van der Waals surface area contributed by atoms with Gasteiger partial charge in [0.05, 0.1) is 15.8 Å². The van der Waals surface area contributed by atoms with Crippen molar-refractivity contribution in [2.45, 2.75) is 18.4 Å². The van der Waals surface area contributed by atoms with Crippen LogP contribution in [0.3, 0.4) is 0 Å². The molecule has 0 saturated heterocycles. The zero-order chi connectivity index (χ0) is 21.1. The van der Waals surface area contributed by atoms with E-state index in [-0.39, 0.29) is 17.3 Å². The Morgan fingerprint density at radius 3 is 2.33 bits per heavy atom. The molecule has 0 aliphatic heterocycles. The SMILES string of the molecule is Cc1ccc(S(=O)(=O)Nn2c(COc3ccccc3)nc3ccccc3c2=O)cc1. The van der Waals surface area contributed by atoms with Crippen molar-refractivity contribution in [1.82, 2.24) is 9.66 Å². The summed E-state index contributed by atoms with van der Waals surface area (Å²) >= 11 is 0. The van der Waals surface area contributed by atoms with Gasteiger partial charge >= 0.3 is 0 Å². The number of benzene rings is 3. The third kappa shape index (κ3) is 4.04. The van der Waals surface area contributed by atoms with Gasteiger partial charge in [-0.05, 0) is 43.3 Å². The lowest BCUT2D eigenvalue weighted by atomic mass is 10.2. The molecule has 152 valence electrons. The van der Waals surface area contributed by atoms with E-state index in [1.165, 1.54) is 12.1 Å². The van der Waals surface area contributed by atoms with E-state index in [0.717, 1.165) is 10.2 Å². The maximum Gasteiger partial charge on any atom is 0.280 e. The van der Waals surface area contributed by atoms with Crippen molar-refractivity contribution in [3.63, 3.8) is 0 Å². The lowest BCUT2D eigenvalue weighted by Crippen LogP contribution is -2.37. The summed E-state index contributed by atoms with van der Waals surface area (Å²) in [6, 6.07) is 22.1. The number of rotatable bonds is 6. The molecule has 0 fully saturated rings. The van der Waals surface area contributed by atoms with E-state index < -0.39 is 15.6 Å². The van der Waals surface area contributed by atoms with Gasteiger partial charge in [-0.2, -0.15) is 13.1 Å². The van der Waals surface area contributed by atoms with Gasteiger partial charge in [-0.3, -0.25) is 4.79 Å². The Balaban J connectivity index is 1.77. The molecule has 0 amide bonds. The molecule has 0 aliphatic rings. The standard InChI is InChI=1S/C22H19N3O4S/c1-16-11-13-18(14-12-16)30(27,28)24-25-21(15-29-17-7-3-2-4-8-17)23-20-10-6-5-9-19(20)22(25)26/h2-14,24H,15H2,1H3. The summed E-state index contributed by atoms with van der Waals surface area (Å²) in [7, 11) is -4.01. The van der Waals surface area contributed by atoms with Gasteiger partial charge in [-0.15, -0.1) is 0 Å². The van der Waals surface area contributed by atoms with Crippen LogP contribution in [0.25, 0.3) is 10.9 Å². The third-order valence-electron chi connectivity index (χ3n) is 4.50. The van der Waals surface area contributed by atoms with Crippen LogP contribution < -0.4 is 15.1 Å². The van der Waals surface area contributed by atoms with Crippen LogP contribution in [-0.4, -0.2) is 18.1 Å². The first-order valence-corrected chi connectivity index (χ1v) is 10.7. The normalized spacial score (nSPS) is 11.4. The quantitative estimate of drug-likeness (QED) is 0.516. The van der Waals surface area contributed by atoms with Crippen molar-refractivity contribution in [2.75, 3.05) is 4.83 Å². The van der Waals surface area contributed by atoms with E-state index in [2.05, 4.69) is 9.82 Å². The molecule has 0 spiro atoms. The second-order valence-corrected chi connectivity index (χ2v) is 8.36. The van der Waals surface area contributed by atoms with Crippen molar-refractivity contribution < 1.29 is 13.2 Å². The molecule has 0 unspecified atom stereocenters. The molecule has 4 aromatic rings. The fraction of sp³-hybridized carbons (Fsp3) is 0.0909. The minimum absolute atomic E-state index is 0.0445. The number of hydrogen-bond donors (Lipinski definition) is 1. The average Bonchev–Trinajstić information content (AvgIpc) is 2.75. The van der Waals surface area contributed by atoms with Gasteiger partial charge in [-0.25, -0.2) is 9.82 Å². The number of ether oxygens (including phenoxy) is 1. The number of aromatic nitrogens is 2. The highest BCUT2D eigenvalue weighted by Gasteiger charge is 2.19. The van der Waals surface area contributed by atoms with E-state index in [0.29, 0.717) is 16.7 Å². The molecular weight excluding hydrogens is 402 g/mol. The third-order valence-corrected chi connectivity index (χ3v) is 5.81. The first-order chi connectivity index (χ1) is 14.4. The van der Waals surface area contributed by atoms with Crippen molar-refractivity contribution in [3.05, 3.63) is 101 Å². The Bertz CT molecular complexity index is 1350. The number of nitrogens with zero attached hydrogens (tertiary/aromatic N) is 2. The number of aryl methyl sites for hydroxylation is 1. The molecule has 0 radical (unpaired) electrons. The smallest absolute Gasteiger partial charge is 0.280 e. The van der Waals surface area contributed by atoms with Crippen LogP contribution in [0.1, 0.15) is 11.4 Å². The number of sulfonamides is 1. The van der Waals surface area contributed by atoms with Crippen LogP contribution >= 0.6 is 0 Å². The second-order valence-electron chi connectivity index (χ2n) is 6.70. The van der Waals surface area contributed by atoms with Gasteiger partial charge in [0.2, 0.25) is 0 Å². The molecule has 3 aromatic carbocycles. The number of para-hydroxylation sites is 2. The summed E-state index contributed by atoms with van der Waals surface area (Å²) in [4.78, 5) is 19.9. The molecule has 7 nitrogen and oxygen atoms in total. The minimum Gasteiger partial charge on any atom is -0.486 e. The van der Waals surface area contributed by atoms with Crippen LogP contribution in [0.5, 0.6) is 5.75 Å². The van der Waals surface area contributed by atoms with Gasteiger partial charge < -0.3 is 4.74 Å². The minimum atomic E-state index is -4.01. The van der Waals surface area contributed by atoms with Gasteiger partial charge in [0.1, 0.15) is 12.4 Å². The number of fused-ring (bicyclic) bond motifs is 1. The van der Waals surface area contributed by atoms with Crippen molar-refractivity contribution in [2.24, 2.45) is 0 Å². The second kappa shape index (κ2) is 8.00. The first-order valence-electron chi connectivity index (χ1n) is 9.22. The summed E-state index contributed by atoms with van der Waals surface area (Å²) < 4.78 is 32.4. The zero-order valence-electron chi connectivity index (χ0n) is 16.1. The summed E-state index contributed by atoms with van der Waals surface area (Å²) in [5, 5.41) is 0.299. The molecule has 8 heteroatoms. The Morgan fingerprint density at radius 2 is 1.60 bits per heavy atom. The summed E-state index contributed by atoms with van der Waals surface area (Å²) in [5.74, 6) is 0.714. The molecule has 1 heterocycles. The van der Waals surface area contributed by atoms with E-state index >= 15 is 0 Å². The molecule has 0 aliphatic carbocycles. The lowest BCUT2D eigenvalue weighted by molar-refractivity contribution is 0.291. The van der Waals surface area contributed by atoms with Gasteiger partial charge in [0, 0.05) is 0 Å². The predicted octanol–water partition coefficient (Wildman–Crippen LogP) is 3.22. The Morgan fingerprint density at radius 1 is 0.933 bits per heavy atom. The molecular formula is C22H19N3O4S. The van der Waals surface area contributed by atoms with Gasteiger partial charge in [0.25, 0.3) is 15.6 Å². The number of nitrogens with one attached hydrogen (secondary N) is 1. The summed E-state index contributed by atoms with van der Waals surface area (Å²) in [5.41, 5.74) is 0.860. The Labute approximate surface area is 173 Å². The highest BCUT2D eigenvalue weighted by Crippen LogP contribution is 2.15. The molecule has 1 N–H and O–H groups in total. The summed E-state index contributed by atoms with van der Waals surface area (Å²) in [6.45, 7) is 1.76. The topological polar surface area (TPSA) is 90.3 Å². The largest absolute Gasteiger partial charge is 0.486 e. The predicted molar refractivity (Wildman–Crippen MR) is 115 cm³/mol.